The van der Waals surface area contributed by atoms with E-state index in [4.69, 9.17) is 4.42 Å². The number of hydrogen-bond donors (Lipinski definition) is 1. The third kappa shape index (κ3) is 4.02. The average molecular weight is 419 g/mol. The van der Waals surface area contributed by atoms with Crippen molar-refractivity contribution in [3.63, 3.8) is 0 Å². The van der Waals surface area contributed by atoms with Gasteiger partial charge >= 0.3 is 0 Å². The summed E-state index contributed by atoms with van der Waals surface area (Å²) in [5.74, 6) is 1.36. The maximum Gasteiger partial charge on any atom is 0.237 e. The van der Waals surface area contributed by atoms with E-state index in [0.717, 1.165) is 28.3 Å². The van der Waals surface area contributed by atoms with Gasteiger partial charge in [-0.3, -0.25) is 9.36 Å². The molecule has 0 aliphatic rings. The molecule has 0 bridgehead atoms. The number of furan rings is 1. The summed E-state index contributed by atoms with van der Waals surface area (Å²) in [5.41, 5.74) is 3.63. The van der Waals surface area contributed by atoms with Crippen LogP contribution in [0, 0.1) is 13.8 Å². The minimum absolute atomic E-state index is 0.0852. The van der Waals surface area contributed by atoms with E-state index < -0.39 is 0 Å². The number of para-hydroxylation sites is 2. The number of amides is 1. The molecule has 0 spiro atoms. The van der Waals surface area contributed by atoms with Gasteiger partial charge < -0.3 is 9.73 Å². The number of carbonyl (C=O) groups is 1. The Bertz CT molecular complexity index is 1170. The molecule has 2 heterocycles. The number of nitrogens with zero attached hydrogens (tertiary/aromatic N) is 3. The molecule has 0 saturated carbocycles. The molecule has 7 heteroatoms. The Balaban J connectivity index is 1.64. The van der Waals surface area contributed by atoms with Gasteiger partial charge in [-0.15, -0.1) is 10.2 Å². The standard InChI is InChI=1S/C23H22N4O2S/c1-15-9-7-8-12-20(15)24-22(28)17(3)30-23-26-25-21(19-13-14-29-16(19)2)27(23)18-10-5-4-6-11-18/h4-14,17H,1-3H3,(H,24,28). The van der Waals surface area contributed by atoms with Crippen molar-refractivity contribution in [2.45, 2.75) is 31.2 Å². The number of benzene rings is 2. The maximum atomic E-state index is 12.8. The van der Waals surface area contributed by atoms with E-state index in [1.165, 1.54) is 11.8 Å². The zero-order valence-corrected chi connectivity index (χ0v) is 17.8. The topological polar surface area (TPSA) is 73.0 Å². The van der Waals surface area contributed by atoms with Crippen molar-refractivity contribution in [3.05, 3.63) is 78.3 Å². The Hall–Kier alpha value is -3.32. The lowest BCUT2D eigenvalue weighted by Gasteiger charge is -2.14. The van der Waals surface area contributed by atoms with E-state index in [-0.39, 0.29) is 11.2 Å². The van der Waals surface area contributed by atoms with E-state index in [9.17, 15) is 4.79 Å². The highest BCUT2D eigenvalue weighted by molar-refractivity contribution is 8.00. The van der Waals surface area contributed by atoms with Crippen LogP contribution in [0.5, 0.6) is 0 Å². The fourth-order valence-electron chi connectivity index (χ4n) is 3.11. The number of thioether (sulfide) groups is 1. The van der Waals surface area contributed by atoms with Gasteiger partial charge in [-0.2, -0.15) is 0 Å². The molecule has 2 aromatic heterocycles. The van der Waals surface area contributed by atoms with Crippen LogP contribution in [0.4, 0.5) is 5.69 Å². The highest BCUT2D eigenvalue weighted by atomic mass is 32.2. The number of rotatable bonds is 6. The molecule has 0 fully saturated rings. The number of aromatic nitrogens is 3. The summed E-state index contributed by atoms with van der Waals surface area (Å²) in [6, 6.07) is 19.5. The molecule has 2 aromatic carbocycles. The molecule has 0 aliphatic carbocycles. The summed E-state index contributed by atoms with van der Waals surface area (Å²) in [7, 11) is 0. The van der Waals surface area contributed by atoms with Gasteiger partial charge in [0.2, 0.25) is 5.91 Å². The van der Waals surface area contributed by atoms with Crippen molar-refractivity contribution in [2.24, 2.45) is 0 Å². The van der Waals surface area contributed by atoms with Crippen LogP contribution in [0.1, 0.15) is 18.2 Å². The second-order valence-electron chi connectivity index (χ2n) is 6.93. The molecule has 1 atom stereocenters. The molecule has 0 radical (unpaired) electrons. The van der Waals surface area contributed by atoms with Crippen molar-refractivity contribution in [3.8, 4) is 17.1 Å². The van der Waals surface area contributed by atoms with Gasteiger partial charge in [0.05, 0.1) is 17.1 Å². The van der Waals surface area contributed by atoms with Crippen LogP contribution in [0.15, 0.2) is 76.5 Å². The fraction of sp³-hybridized carbons (Fsp3) is 0.174. The number of carbonyl (C=O) groups excluding carboxylic acids is 1. The highest BCUT2D eigenvalue weighted by Crippen LogP contribution is 2.32. The summed E-state index contributed by atoms with van der Waals surface area (Å²) in [5, 5.41) is 12.1. The lowest BCUT2D eigenvalue weighted by atomic mass is 10.2. The van der Waals surface area contributed by atoms with E-state index in [2.05, 4.69) is 15.5 Å². The molecule has 1 unspecified atom stereocenters. The van der Waals surface area contributed by atoms with Crippen molar-refractivity contribution in [2.75, 3.05) is 5.32 Å². The SMILES string of the molecule is Cc1ccccc1NC(=O)C(C)Sc1nnc(-c2ccoc2C)n1-c1ccccc1. The van der Waals surface area contributed by atoms with Gasteiger partial charge in [0.1, 0.15) is 5.76 Å². The van der Waals surface area contributed by atoms with Crippen LogP contribution < -0.4 is 5.32 Å². The van der Waals surface area contributed by atoms with Gasteiger partial charge in [-0.1, -0.05) is 48.2 Å². The zero-order valence-electron chi connectivity index (χ0n) is 17.0. The second-order valence-corrected chi connectivity index (χ2v) is 8.24. The number of aryl methyl sites for hydroxylation is 2. The molecular formula is C23H22N4O2S. The quantitative estimate of drug-likeness (QED) is 0.432. The summed E-state index contributed by atoms with van der Waals surface area (Å²) in [4.78, 5) is 12.8. The molecule has 4 rings (SSSR count). The number of anilines is 1. The number of nitrogens with one attached hydrogen (secondary N) is 1. The monoisotopic (exact) mass is 418 g/mol. The van der Waals surface area contributed by atoms with Crippen molar-refractivity contribution in [1.82, 2.24) is 14.8 Å². The van der Waals surface area contributed by atoms with Crippen molar-refractivity contribution < 1.29 is 9.21 Å². The summed E-state index contributed by atoms with van der Waals surface area (Å²) >= 11 is 1.37. The highest BCUT2D eigenvalue weighted by Gasteiger charge is 2.23. The molecule has 1 amide bonds. The third-order valence-corrected chi connectivity index (χ3v) is 5.84. The van der Waals surface area contributed by atoms with Gasteiger partial charge in [0, 0.05) is 11.4 Å². The molecule has 6 nitrogen and oxygen atoms in total. The first-order valence-corrected chi connectivity index (χ1v) is 10.5. The van der Waals surface area contributed by atoms with Crippen LogP contribution in [0.3, 0.4) is 0 Å². The molecule has 0 aliphatic heterocycles. The van der Waals surface area contributed by atoms with Crippen LogP contribution in [0.2, 0.25) is 0 Å². The Morgan fingerprint density at radius 2 is 1.77 bits per heavy atom. The van der Waals surface area contributed by atoms with Crippen molar-refractivity contribution in [1.29, 1.82) is 0 Å². The molecule has 30 heavy (non-hydrogen) atoms. The van der Waals surface area contributed by atoms with Crippen molar-refractivity contribution >= 4 is 23.4 Å². The van der Waals surface area contributed by atoms with Gasteiger partial charge in [-0.05, 0) is 50.6 Å². The van der Waals surface area contributed by atoms with Gasteiger partial charge in [-0.25, -0.2) is 0 Å². The first-order valence-electron chi connectivity index (χ1n) is 9.63. The maximum absolute atomic E-state index is 12.8. The Labute approximate surface area is 179 Å². The van der Waals surface area contributed by atoms with Gasteiger partial charge in [0.25, 0.3) is 0 Å². The predicted octanol–water partition coefficient (Wildman–Crippen LogP) is 5.26. The van der Waals surface area contributed by atoms with Crippen LogP contribution in [-0.2, 0) is 4.79 Å². The molecule has 152 valence electrons. The first-order chi connectivity index (χ1) is 14.5. The van der Waals surface area contributed by atoms with Crippen LogP contribution in [-0.4, -0.2) is 25.9 Å². The lowest BCUT2D eigenvalue weighted by Crippen LogP contribution is -2.23. The predicted molar refractivity (Wildman–Crippen MR) is 119 cm³/mol. The van der Waals surface area contributed by atoms with E-state index in [0.29, 0.717) is 11.0 Å². The first kappa shape index (κ1) is 20.0. The minimum atomic E-state index is -0.366. The Morgan fingerprint density at radius 1 is 1.03 bits per heavy atom. The summed E-state index contributed by atoms with van der Waals surface area (Å²) < 4.78 is 7.42. The third-order valence-electron chi connectivity index (χ3n) is 4.80. The zero-order chi connectivity index (χ0) is 21.1. The normalized spacial score (nSPS) is 12.0. The average Bonchev–Trinajstić information content (AvgIpc) is 3.36. The molecule has 4 aromatic rings. The van der Waals surface area contributed by atoms with Crippen LogP contribution >= 0.6 is 11.8 Å². The Kier molecular flexibility index (Phi) is 5.72. The second kappa shape index (κ2) is 8.59. The van der Waals surface area contributed by atoms with E-state index >= 15 is 0 Å². The molecule has 0 saturated heterocycles. The lowest BCUT2D eigenvalue weighted by molar-refractivity contribution is -0.115. The number of hydrogen-bond acceptors (Lipinski definition) is 5. The smallest absolute Gasteiger partial charge is 0.237 e. The minimum Gasteiger partial charge on any atom is -0.469 e. The Morgan fingerprint density at radius 3 is 2.47 bits per heavy atom. The fourth-order valence-corrected chi connectivity index (χ4v) is 3.97. The van der Waals surface area contributed by atoms with Crippen LogP contribution in [0.25, 0.3) is 17.1 Å². The van der Waals surface area contributed by atoms with E-state index in [1.807, 2.05) is 86.0 Å². The van der Waals surface area contributed by atoms with E-state index in [1.54, 1.807) is 6.26 Å². The summed E-state index contributed by atoms with van der Waals surface area (Å²) in [6.45, 7) is 5.73. The largest absolute Gasteiger partial charge is 0.469 e. The molecule has 1 N–H and O–H groups in total. The summed E-state index contributed by atoms with van der Waals surface area (Å²) in [6.07, 6.45) is 1.64. The molecular weight excluding hydrogens is 396 g/mol. The van der Waals surface area contributed by atoms with Gasteiger partial charge in [0.15, 0.2) is 11.0 Å².